The molecule has 3 heteroatoms. The summed E-state index contributed by atoms with van der Waals surface area (Å²) in [5.41, 5.74) is 3.40. The maximum Gasteiger partial charge on any atom is 0.337 e. The molecule has 1 heterocycles. The van der Waals surface area contributed by atoms with E-state index >= 15 is 0 Å². The van der Waals surface area contributed by atoms with Crippen LogP contribution >= 0.6 is 0 Å². The van der Waals surface area contributed by atoms with Gasteiger partial charge in [0.2, 0.25) is 0 Å². The highest BCUT2D eigenvalue weighted by Crippen LogP contribution is 2.20. The smallest absolute Gasteiger partial charge is 0.337 e. The van der Waals surface area contributed by atoms with E-state index in [1.54, 1.807) is 6.07 Å². The summed E-state index contributed by atoms with van der Waals surface area (Å²) in [5.74, 6) is -0.866. The summed E-state index contributed by atoms with van der Waals surface area (Å²) >= 11 is 0. The number of para-hydroxylation sites is 1. The average molecular weight is 229 g/mol. The molecule has 3 nitrogen and oxygen atoms in total. The molecular formula is C14H15NO2. The minimum Gasteiger partial charge on any atom is -0.478 e. The van der Waals surface area contributed by atoms with Crippen LogP contribution in [0.3, 0.4) is 0 Å². The van der Waals surface area contributed by atoms with E-state index in [0.717, 1.165) is 16.9 Å². The van der Waals surface area contributed by atoms with Crippen molar-refractivity contribution in [2.45, 2.75) is 20.3 Å². The summed E-state index contributed by atoms with van der Waals surface area (Å²) in [5, 5.41) is 9.11. The zero-order valence-corrected chi connectivity index (χ0v) is 9.97. The Hall–Kier alpha value is -2.03. The Bertz CT molecular complexity index is 555. The van der Waals surface area contributed by atoms with Crippen LogP contribution in [0.5, 0.6) is 0 Å². The fourth-order valence-electron chi connectivity index (χ4n) is 2.08. The maximum atomic E-state index is 11.1. The Balaban J connectivity index is 2.61. The van der Waals surface area contributed by atoms with E-state index in [1.807, 2.05) is 48.9 Å². The van der Waals surface area contributed by atoms with Crippen LogP contribution in [-0.4, -0.2) is 15.6 Å². The molecule has 0 atom stereocenters. The number of rotatable bonds is 3. The molecule has 0 saturated carbocycles. The summed E-state index contributed by atoms with van der Waals surface area (Å²) in [6.45, 7) is 3.99. The number of carboxylic acids is 1. The molecule has 88 valence electrons. The lowest BCUT2D eigenvalue weighted by atomic mass is 10.1. The molecule has 0 radical (unpaired) electrons. The van der Waals surface area contributed by atoms with E-state index in [0.29, 0.717) is 12.0 Å². The number of aryl methyl sites for hydroxylation is 1. The van der Waals surface area contributed by atoms with Crippen LogP contribution in [0.2, 0.25) is 0 Å². The quantitative estimate of drug-likeness (QED) is 0.879. The fraction of sp³-hybridized carbons (Fsp3) is 0.214. The second-order valence-corrected chi connectivity index (χ2v) is 3.99. The van der Waals surface area contributed by atoms with E-state index in [9.17, 15) is 4.79 Å². The summed E-state index contributed by atoms with van der Waals surface area (Å²) in [7, 11) is 0. The molecule has 0 aliphatic rings. The van der Waals surface area contributed by atoms with Crippen LogP contribution in [0.1, 0.15) is 28.5 Å². The molecule has 0 fully saturated rings. The molecule has 0 amide bonds. The molecule has 0 aliphatic heterocycles. The van der Waals surface area contributed by atoms with Gasteiger partial charge in [0.25, 0.3) is 0 Å². The number of hydrogen-bond acceptors (Lipinski definition) is 1. The summed E-state index contributed by atoms with van der Waals surface area (Å²) < 4.78 is 1.96. The number of nitrogens with zero attached hydrogens (tertiary/aromatic N) is 1. The Labute approximate surface area is 100 Å². The first-order valence-corrected chi connectivity index (χ1v) is 5.64. The molecule has 1 N–H and O–H groups in total. The van der Waals surface area contributed by atoms with Crippen molar-refractivity contribution in [3.05, 3.63) is 53.3 Å². The first-order chi connectivity index (χ1) is 8.15. The van der Waals surface area contributed by atoms with Gasteiger partial charge in [-0.2, -0.15) is 0 Å². The van der Waals surface area contributed by atoms with Crippen LogP contribution in [0, 0.1) is 6.92 Å². The molecule has 0 bridgehead atoms. The highest BCUT2D eigenvalue weighted by Gasteiger charge is 2.14. The molecular weight excluding hydrogens is 214 g/mol. The fourth-order valence-corrected chi connectivity index (χ4v) is 2.08. The highest BCUT2D eigenvalue weighted by atomic mass is 16.4. The molecule has 2 aromatic rings. The zero-order chi connectivity index (χ0) is 12.4. The molecule has 0 saturated heterocycles. The van der Waals surface area contributed by atoms with E-state index in [-0.39, 0.29) is 0 Å². The molecule has 2 rings (SSSR count). The predicted octanol–water partition coefficient (Wildman–Crippen LogP) is 3.05. The molecule has 0 aliphatic carbocycles. The number of carbonyl (C=O) groups is 1. The Morgan fingerprint density at radius 1 is 1.29 bits per heavy atom. The van der Waals surface area contributed by atoms with E-state index < -0.39 is 5.97 Å². The van der Waals surface area contributed by atoms with Gasteiger partial charge in [-0.25, -0.2) is 4.79 Å². The van der Waals surface area contributed by atoms with Crippen molar-refractivity contribution >= 4 is 5.97 Å². The number of hydrogen-bond donors (Lipinski definition) is 1. The van der Waals surface area contributed by atoms with E-state index in [2.05, 4.69) is 0 Å². The molecule has 0 spiro atoms. The lowest BCUT2D eigenvalue weighted by Crippen LogP contribution is -2.05. The van der Waals surface area contributed by atoms with Gasteiger partial charge in [-0.15, -0.1) is 0 Å². The monoisotopic (exact) mass is 229 g/mol. The predicted molar refractivity (Wildman–Crippen MR) is 66.8 cm³/mol. The number of carboxylic acid groups (broad SMARTS) is 1. The third-order valence-electron chi connectivity index (χ3n) is 2.93. The lowest BCUT2D eigenvalue weighted by Gasteiger charge is -2.11. The highest BCUT2D eigenvalue weighted by molar-refractivity contribution is 5.89. The third-order valence-corrected chi connectivity index (χ3v) is 2.93. The number of aromatic nitrogens is 1. The van der Waals surface area contributed by atoms with Crippen LogP contribution < -0.4 is 0 Å². The minimum atomic E-state index is -0.866. The van der Waals surface area contributed by atoms with Crippen LogP contribution in [-0.2, 0) is 6.42 Å². The van der Waals surface area contributed by atoms with Crippen LogP contribution in [0.25, 0.3) is 5.69 Å². The summed E-state index contributed by atoms with van der Waals surface area (Å²) in [6.07, 6.45) is 2.52. The number of benzene rings is 1. The Morgan fingerprint density at radius 3 is 2.59 bits per heavy atom. The van der Waals surface area contributed by atoms with Gasteiger partial charge >= 0.3 is 5.97 Å². The van der Waals surface area contributed by atoms with Gasteiger partial charge in [-0.3, -0.25) is 0 Å². The average Bonchev–Trinajstić information content (AvgIpc) is 2.73. The van der Waals surface area contributed by atoms with Crippen molar-refractivity contribution in [3.8, 4) is 5.69 Å². The number of aromatic carboxylic acids is 1. The van der Waals surface area contributed by atoms with Crippen molar-refractivity contribution in [3.63, 3.8) is 0 Å². The third kappa shape index (κ3) is 1.96. The normalized spacial score (nSPS) is 10.5. The van der Waals surface area contributed by atoms with Crippen molar-refractivity contribution in [1.82, 2.24) is 4.57 Å². The van der Waals surface area contributed by atoms with E-state index in [4.69, 9.17) is 5.11 Å². The van der Waals surface area contributed by atoms with Gasteiger partial charge in [-0.1, -0.05) is 25.1 Å². The van der Waals surface area contributed by atoms with Crippen LogP contribution in [0.15, 0.2) is 36.5 Å². The van der Waals surface area contributed by atoms with E-state index in [1.165, 1.54) is 0 Å². The largest absolute Gasteiger partial charge is 0.478 e. The summed E-state index contributed by atoms with van der Waals surface area (Å²) in [4.78, 5) is 11.1. The Morgan fingerprint density at radius 2 is 2.00 bits per heavy atom. The topological polar surface area (TPSA) is 42.2 Å². The van der Waals surface area contributed by atoms with Crippen LogP contribution in [0.4, 0.5) is 0 Å². The van der Waals surface area contributed by atoms with Gasteiger partial charge in [0.1, 0.15) is 0 Å². The second kappa shape index (κ2) is 4.45. The first kappa shape index (κ1) is 11.5. The molecule has 0 unspecified atom stereocenters. The SMILES string of the molecule is CCc1c(C(=O)O)ccn1-c1ccccc1C. The van der Waals surface area contributed by atoms with Crippen molar-refractivity contribution < 1.29 is 9.90 Å². The van der Waals surface area contributed by atoms with Gasteiger partial charge in [-0.05, 0) is 31.0 Å². The zero-order valence-electron chi connectivity index (χ0n) is 9.97. The minimum absolute atomic E-state index is 0.385. The lowest BCUT2D eigenvalue weighted by molar-refractivity contribution is 0.0696. The Kier molecular flexibility index (Phi) is 3.00. The molecule has 1 aromatic carbocycles. The van der Waals surface area contributed by atoms with Gasteiger partial charge in [0.05, 0.1) is 5.56 Å². The van der Waals surface area contributed by atoms with Crippen molar-refractivity contribution in [2.75, 3.05) is 0 Å². The van der Waals surface area contributed by atoms with Crippen molar-refractivity contribution in [2.24, 2.45) is 0 Å². The first-order valence-electron chi connectivity index (χ1n) is 5.64. The van der Waals surface area contributed by atoms with Gasteiger partial charge < -0.3 is 9.67 Å². The van der Waals surface area contributed by atoms with Gasteiger partial charge in [0, 0.05) is 17.6 Å². The maximum absolute atomic E-state index is 11.1. The van der Waals surface area contributed by atoms with Crippen molar-refractivity contribution in [1.29, 1.82) is 0 Å². The van der Waals surface area contributed by atoms with Gasteiger partial charge in [0.15, 0.2) is 0 Å². The molecule has 17 heavy (non-hydrogen) atoms. The molecule has 1 aromatic heterocycles. The summed E-state index contributed by atoms with van der Waals surface area (Å²) in [6, 6.07) is 9.62. The standard InChI is InChI=1S/C14H15NO2/c1-3-12-11(14(16)17)8-9-15(12)13-7-5-4-6-10(13)2/h4-9H,3H2,1-2H3,(H,16,17). The second-order valence-electron chi connectivity index (χ2n) is 3.99.